The fourth-order valence-electron chi connectivity index (χ4n) is 1.94. The average molecular weight is 332 g/mol. The third-order valence-corrected chi connectivity index (χ3v) is 3.09. The first-order chi connectivity index (χ1) is 11.8. The Morgan fingerprint density at radius 1 is 0.625 bits per heavy atom. The predicted molar refractivity (Wildman–Crippen MR) is 102 cm³/mol. The summed E-state index contributed by atoms with van der Waals surface area (Å²) in [5, 5.41) is 25.7. The lowest BCUT2D eigenvalue weighted by Gasteiger charge is -2.08. The topological polar surface area (TPSA) is 64.5 Å². The van der Waals surface area contributed by atoms with Crippen molar-refractivity contribution in [3.63, 3.8) is 0 Å². The summed E-state index contributed by atoms with van der Waals surface area (Å²) in [5.41, 5.74) is 1.79. The number of phenols is 2. The smallest absolute Gasteiger partial charge is 0.120 e. The molecule has 0 spiro atoms. The van der Waals surface area contributed by atoms with Crippen molar-refractivity contribution in [1.29, 1.82) is 0 Å². The molecule has 0 unspecified atom stereocenters. The van der Waals surface area contributed by atoms with Gasteiger partial charge >= 0.3 is 0 Å². The molecule has 4 nitrogen and oxygen atoms in total. The number of benzene rings is 2. The molecule has 0 radical (unpaired) electrons. The third-order valence-electron chi connectivity index (χ3n) is 3.09. The van der Waals surface area contributed by atoms with Crippen molar-refractivity contribution in [3.05, 3.63) is 59.7 Å². The number of hydrogen-bond donors (Lipinski definition) is 4. The molecule has 0 saturated carbocycles. The minimum absolute atomic E-state index is 0.321. The fraction of sp³-hybridized carbons (Fsp3) is 0.400. The van der Waals surface area contributed by atoms with Gasteiger partial charge in [0.05, 0.1) is 0 Å². The maximum Gasteiger partial charge on any atom is 0.120 e. The van der Waals surface area contributed by atoms with Gasteiger partial charge in [-0.15, -0.1) is 0 Å². The Labute approximate surface area is 146 Å². The Morgan fingerprint density at radius 3 is 1.29 bits per heavy atom. The standard InChI is InChI=1S/C16H20N2O2.2C2H6/c19-15-7-3-1-5-13(15)11-17-9-10-18-12-14-6-2-4-8-16(14)20;2*1-2/h1-8,17-20H,9-12H2;2*1-2H3. The van der Waals surface area contributed by atoms with Crippen molar-refractivity contribution in [3.8, 4) is 11.5 Å². The highest BCUT2D eigenvalue weighted by Crippen LogP contribution is 2.15. The lowest BCUT2D eigenvalue weighted by atomic mass is 10.2. The molecule has 0 amide bonds. The highest BCUT2D eigenvalue weighted by molar-refractivity contribution is 5.32. The molecule has 4 N–H and O–H groups in total. The van der Waals surface area contributed by atoms with Crippen LogP contribution in [-0.2, 0) is 13.1 Å². The zero-order valence-corrected chi connectivity index (χ0v) is 15.3. The normalized spacial score (nSPS) is 9.33. The van der Waals surface area contributed by atoms with Crippen molar-refractivity contribution in [2.75, 3.05) is 13.1 Å². The molecular weight excluding hydrogens is 300 g/mol. The second-order valence-corrected chi connectivity index (χ2v) is 4.61. The van der Waals surface area contributed by atoms with Crippen LogP contribution in [0.25, 0.3) is 0 Å². The summed E-state index contributed by atoms with van der Waals surface area (Å²) >= 11 is 0. The van der Waals surface area contributed by atoms with E-state index in [-0.39, 0.29) is 0 Å². The van der Waals surface area contributed by atoms with E-state index >= 15 is 0 Å². The van der Waals surface area contributed by atoms with Crippen molar-refractivity contribution in [1.82, 2.24) is 10.6 Å². The molecule has 2 aromatic rings. The first kappa shape index (κ1) is 22.0. The maximum atomic E-state index is 9.61. The lowest BCUT2D eigenvalue weighted by molar-refractivity contribution is 0.461. The van der Waals surface area contributed by atoms with E-state index in [0.29, 0.717) is 24.6 Å². The zero-order chi connectivity index (χ0) is 18.2. The van der Waals surface area contributed by atoms with Gasteiger partial charge < -0.3 is 20.8 Å². The fourth-order valence-corrected chi connectivity index (χ4v) is 1.94. The van der Waals surface area contributed by atoms with E-state index in [1.807, 2.05) is 64.1 Å². The summed E-state index contributed by atoms with van der Waals surface area (Å²) in [6.45, 7) is 10.9. The molecule has 0 saturated heterocycles. The zero-order valence-electron chi connectivity index (χ0n) is 15.3. The number of para-hydroxylation sites is 2. The maximum absolute atomic E-state index is 9.61. The highest BCUT2D eigenvalue weighted by atomic mass is 16.3. The van der Waals surface area contributed by atoms with Crippen LogP contribution in [0.2, 0.25) is 0 Å². The van der Waals surface area contributed by atoms with Gasteiger partial charge in [0.2, 0.25) is 0 Å². The van der Waals surface area contributed by atoms with Gasteiger partial charge in [-0.2, -0.15) is 0 Å². The molecule has 0 bridgehead atoms. The monoisotopic (exact) mass is 332 g/mol. The first-order valence-electron chi connectivity index (χ1n) is 8.72. The number of nitrogens with one attached hydrogen (secondary N) is 2. The molecule has 0 atom stereocenters. The summed E-state index contributed by atoms with van der Waals surface area (Å²) in [5.74, 6) is 0.643. The Bertz CT molecular complexity index is 495. The highest BCUT2D eigenvalue weighted by Gasteiger charge is 1.99. The van der Waals surface area contributed by atoms with E-state index in [1.54, 1.807) is 12.1 Å². The Hall–Kier alpha value is -2.04. The van der Waals surface area contributed by atoms with Crippen LogP contribution >= 0.6 is 0 Å². The van der Waals surface area contributed by atoms with Crippen LogP contribution in [-0.4, -0.2) is 23.3 Å². The third kappa shape index (κ3) is 8.56. The van der Waals surface area contributed by atoms with E-state index in [9.17, 15) is 10.2 Å². The van der Waals surface area contributed by atoms with Gasteiger partial charge in [-0.25, -0.2) is 0 Å². The molecular formula is C20H32N2O2. The molecule has 0 aliphatic rings. The molecule has 0 aromatic heterocycles. The molecule has 0 aliphatic carbocycles. The molecule has 2 rings (SSSR count). The van der Waals surface area contributed by atoms with Gasteiger partial charge in [-0.05, 0) is 12.1 Å². The van der Waals surface area contributed by atoms with Gasteiger partial charge in [0.1, 0.15) is 11.5 Å². The largest absolute Gasteiger partial charge is 0.508 e. The van der Waals surface area contributed by atoms with Crippen LogP contribution < -0.4 is 10.6 Å². The second-order valence-electron chi connectivity index (χ2n) is 4.61. The van der Waals surface area contributed by atoms with Crippen molar-refractivity contribution < 1.29 is 10.2 Å². The SMILES string of the molecule is CC.CC.Oc1ccccc1CNCCNCc1ccccc1O. The van der Waals surface area contributed by atoms with Crippen LogP contribution in [0.1, 0.15) is 38.8 Å². The number of rotatable bonds is 7. The van der Waals surface area contributed by atoms with Crippen molar-refractivity contribution in [2.24, 2.45) is 0 Å². The number of hydrogen-bond acceptors (Lipinski definition) is 4. The summed E-state index contributed by atoms with van der Waals surface area (Å²) in [7, 11) is 0. The van der Waals surface area contributed by atoms with Crippen LogP contribution in [0.15, 0.2) is 48.5 Å². The van der Waals surface area contributed by atoms with E-state index in [2.05, 4.69) is 10.6 Å². The van der Waals surface area contributed by atoms with E-state index < -0.39 is 0 Å². The van der Waals surface area contributed by atoms with Gasteiger partial charge in [-0.1, -0.05) is 64.1 Å². The first-order valence-corrected chi connectivity index (χ1v) is 8.72. The Morgan fingerprint density at radius 2 is 0.958 bits per heavy atom. The van der Waals surface area contributed by atoms with Gasteiger partial charge in [-0.3, -0.25) is 0 Å². The summed E-state index contributed by atoms with van der Waals surface area (Å²) in [6, 6.07) is 14.6. The Balaban J connectivity index is 0.00000123. The average Bonchev–Trinajstić information content (AvgIpc) is 2.64. The molecule has 0 aliphatic heterocycles. The molecule has 0 fully saturated rings. The molecule has 134 valence electrons. The van der Waals surface area contributed by atoms with E-state index in [4.69, 9.17) is 0 Å². The van der Waals surface area contributed by atoms with Gasteiger partial charge in [0, 0.05) is 37.3 Å². The Kier molecular flexibility index (Phi) is 13.3. The van der Waals surface area contributed by atoms with Crippen LogP contribution in [0.3, 0.4) is 0 Å². The quantitative estimate of drug-likeness (QED) is 0.578. The molecule has 0 heterocycles. The number of phenolic OH excluding ortho intramolecular Hbond substituents is 2. The van der Waals surface area contributed by atoms with Crippen LogP contribution in [0, 0.1) is 0 Å². The van der Waals surface area contributed by atoms with Gasteiger partial charge in [0.25, 0.3) is 0 Å². The molecule has 2 aromatic carbocycles. The minimum Gasteiger partial charge on any atom is -0.508 e. The van der Waals surface area contributed by atoms with Gasteiger partial charge in [0.15, 0.2) is 0 Å². The second kappa shape index (κ2) is 14.5. The summed E-state index contributed by atoms with van der Waals surface area (Å²) in [6.07, 6.45) is 0. The summed E-state index contributed by atoms with van der Waals surface area (Å²) < 4.78 is 0. The van der Waals surface area contributed by atoms with Crippen LogP contribution in [0.4, 0.5) is 0 Å². The molecule has 24 heavy (non-hydrogen) atoms. The molecule has 4 heteroatoms. The van der Waals surface area contributed by atoms with Crippen molar-refractivity contribution >= 4 is 0 Å². The van der Waals surface area contributed by atoms with Crippen molar-refractivity contribution in [2.45, 2.75) is 40.8 Å². The predicted octanol–water partition coefficient (Wildman–Crippen LogP) is 4.03. The number of aromatic hydroxyl groups is 2. The van der Waals surface area contributed by atoms with Crippen LogP contribution in [0.5, 0.6) is 11.5 Å². The summed E-state index contributed by atoms with van der Waals surface area (Å²) in [4.78, 5) is 0. The minimum atomic E-state index is 0.321. The van der Waals surface area contributed by atoms with E-state index in [1.165, 1.54) is 0 Å². The lowest BCUT2D eigenvalue weighted by Crippen LogP contribution is -2.26. The van der Waals surface area contributed by atoms with E-state index in [0.717, 1.165) is 24.2 Å².